The van der Waals surface area contributed by atoms with Crippen LogP contribution in [0.2, 0.25) is 0 Å². The van der Waals surface area contributed by atoms with Crippen molar-refractivity contribution in [2.45, 2.75) is 51.5 Å². The number of amides is 3. The molecule has 0 bridgehead atoms. The zero-order valence-corrected chi connectivity index (χ0v) is 15.1. The van der Waals surface area contributed by atoms with Crippen LogP contribution in [-0.4, -0.2) is 35.8 Å². The second-order valence-electron chi connectivity index (χ2n) is 6.72. The Kier molecular flexibility index (Phi) is 8.59. The smallest absolute Gasteiger partial charge is 0.239 e. The molecule has 1 saturated carbocycles. The lowest BCUT2D eigenvalue weighted by Crippen LogP contribution is -2.39. The first-order chi connectivity index (χ1) is 12.6. The van der Waals surface area contributed by atoms with Crippen LogP contribution in [0.5, 0.6) is 0 Å². The Hall–Kier alpha value is -2.44. The number of aromatic nitrogens is 1. The van der Waals surface area contributed by atoms with Gasteiger partial charge >= 0.3 is 0 Å². The summed E-state index contributed by atoms with van der Waals surface area (Å²) in [5.41, 5.74) is 0.970. The number of nitrogens with zero attached hydrogens (tertiary/aromatic N) is 1. The van der Waals surface area contributed by atoms with Gasteiger partial charge in [0.05, 0.1) is 6.54 Å². The molecule has 1 aromatic rings. The summed E-state index contributed by atoms with van der Waals surface area (Å²) in [5.74, 6) is -0.0228. The van der Waals surface area contributed by atoms with Crippen molar-refractivity contribution in [1.82, 2.24) is 20.9 Å². The predicted octanol–water partition coefficient (Wildman–Crippen LogP) is 1.29. The van der Waals surface area contributed by atoms with E-state index in [-0.39, 0.29) is 37.2 Å². The molecule has 1 fully saturated rings. The quantitative estimate of drug-likeness (QED) is 0.618. The van der Waals surface area contributed by atoms with Crippen LogP contribution in [0.25, 0.3) is 0 Å². The molecule has 0 aliphatic heterocycles. The maximum atomic E-state index is 11.9. The van der Waals surface area contributed by atoms with E-state index in [1.165, 1.54) is 19.3 Å². The Morgan fingerprint density at radius 1 is 0.923 bits per heavy atom. The number of nitrogens with one attached hydrogen (secondary N) is 3. The topological polar surface area (TPSA) is 100 Å². The molecule has 7 nitrogen and oxygen atoms in total. The van der Waals surface area contributed by atoms with E-state index >= 15 is 0 Å². The van der Waals surface area contributed by atoms with Crippen molar-refractivity contribution in [1.29, 1.82) is 0 Å². The lowest BCUT2D eigenvalue weighted by molar-refractivity contribution is -0.127. The van der Waals surface area contributed by atoms with Crippen LogP contribution in [0.4, 0.5) is 0 Å². The van der Waals surface area contributed by atoms with E-state index in [0.29, 0.717) is 18.9 Å². The molecule has 3 N–H and O–H groups in total. The average molecular weight is 360 g/mol. The first-order valence-electron chi connectivity index (χ1n) is 9.32. The highest BCUT2D eigenvalue weighted by atomic mass is 16.2. The summed E-state index contributed by atoms with van der Waals surface area (Å²) in [5, 5.41) is 8.08. The molecule has 0 atom stereocenters. The molecule has 1 heterocycles. The zero-order valence-electron chi connectivity index (χ0n) is 15.1. The van der Waals surface area contributed by atoms with Gasteiger partial charge in [-0.1, -0.05) is 19.3 Å². The second-order valence-corrected chi connectivity index (χ2v) is 6.72. The number of carbonyl (C=O) groups excluding carboxylic acids is 3. The molecular formula is C19H28N4O3. The number of pyridine rings is 1. The minimum absolute atomic E-state index is 0.0375. The highest BCUT2D eigenvalue weighted by Gasteiger charge is 2.17. The number of hydrogen-bond donors (Lipinski definition) is 3. The third-order valence-electron chi connectivity index (χ3n) is 4.56. The number of rotatable bonds is 9. The average Bonchev–Trinajstić information content (AvgIpc) is 2.66. The van der Waals surface area contributed by atoms with Gasteiger partial charge in [-0.25, -0.2) is 0 Å². The second kappa shape index (κ2) is 11.2. The first kappa shape index (κ1) is 19.9. The normalized spacial score (nSPS) is 14.5. The molecule has 0 aromatic carbocycles. The van der Waals surface area contributed by atoms with E-state index in [2.05, 4.69) is 20.9 Å². The molecule has 1 aliphatic carbocycles. The molecule has 3 amide bonds. The predicted molar refractivity (Wildman–Crippen MR) is 97.9 cm³/mol. The molecular weight excluding hydrogens is 332 g/mol. The Balaban J connectivity index is 1.51. The summed E-state index contributed by atoms with van der Waals surface area (Å²) in [6.07, 6.45) is 9.91. The van der Waals surface area contributed by atoms with Gasteiger partial charge in [-0.2, -0.15) is 0 Å². The Bertz CT molecular complexity index is 586. The van der Waals surface area contributed by atoms with Gasteiger partial charge in [0.25, 0.3) is 0 Å². The van der Waals surface area contributed by atoms with Crippen LogP contribution in [0.15, 0.2) is 24.5 Å². The van der Waals surface area contributed by atoms with Gasteiger partial charge in [0.2, 0.25) is 17.7 Å². The van der Waals surface area contributed by atoms with Crippen molar-refractivity contribution < 1.29 is 14.4 Å². The molecule has 1 aliphatic rings. The summed E-state index contributed by atoms with van der Waals surface area (Å²) in [7, 11) is 0. The van der Waals surface area contributed by atoms with Crippen LogP contribution < -0.4 is 16.0 Å². The van der Waals surface area contributed by atoms with E-state index in [1.54, 1.807) is 12.4 Å². The summed E-state index contributed by atoms with van der Waals surface area (Å²) in [6.45, 7) is 0.649. The highest BCUT2D eigenvalue weighted by Crippen LogP contribution is 2.25. The van der Waals surface area contributed by atoms with Gasteiger partial charge in [-0.05, 0) is 36.5 Å². The number of hydrogen-bond acceptors (Lipinski definition) is 4. The summed E-state index contributed by atoms with van der Waals surface area (Å²) in [6, 6.07) is 3.66. The minimum Gasteiger partial charge on any atom is -0.354 e. The molecule has 0 radical (unpaired) electrons. The van der Waals surface area contributed by atoms with Gasteiger partial charge in [-0.15, -0.1) is 0 Å². The van der Waals surface area contributed by atoms with Crippen LogP contribution in [0.3, 0.4) is 0 Å². The molecule has 1 aromatic heterocycles. The molecule has 2 rings (SSSR count). The van der Waals surface area contributed by atoms with E-state index in [0.717, 1.165) is 18.4 Å². The van der Waals surface area contributed by atoms with E-state index < -0.39 is 0 Å². The first-order valence-corrected chi connectivity index (χ1v) is 9.32. The summed E-state index contributed by atoms with van der Waals surface area (Å²) < 4.78 is 0. The van der Waals surface area contributed by atoms with Gasteiger partial charge < -0.3 is 16.0 Å². The van der Waals surface area contributed by atoms with Crippen molar-refractivity contribution in [2.24, 2.45) is 5.92 Å². The summed E-state index contributed by atoms with van der Waals surface area (Å²) in [4.78, 5) is 39.2. The fraction of sp³-hybridized carbons (Fsp3) is 0.579. The van der Waals surface area contributed by atoms with Crippen molar-refractivity contribution in [3.63, 3.8) is 0 Å². The van der Waals surface area contributed by atoms with Gasteiger partial charge in [-0.3, -0.25) is 19.4 Å². The Labute approximate surface area is 154 Å². The number of carbonyl (C=O) groups is 3. The Morgan fingerprint density at radius 2 is 1.65 bits per heavy atom. The zero-order chi connectivity index (χ0) is 18.6. The third kappa shape index (κ3) is 8.09. The van der Waals surface area contributed by atoms with E-state index in [4.69, 9.17) is 0 Å². The molecule has 7 heteroatoms. The van der Waals surface area contributed by atoms with Crippen molar-refractivity contribution in [2.75, 3.05) is 13.1 Å². The van der Waals surface area contributed by atoms with Crippen LogP contribution >= 0.6 is 0 Å². The standard InChI is InChI=1S/C19H28N4O3/c24-17(22-13-16-6-9-20-10-7-16)8-11-21-19(26)14-23-18(25)12-15-4-2-1-3-5-15/h6-7,9-10,15H,1-5,8,11-14H2,(H,21,26)(H,22,24)(H,23,25). The Morgan fingerprint density at radius 3 is 2.38 bits per heavy atom. The molecule has 0 unspecified atom stereocenters. The lowest BCUT2D eigenvalue weighted by Gasteiger charge is -2.20. The molecule has 142 valence electrons. The van der Waals surface area contributed by atoms with Gasteiger partial charge in [0.1, 0.15) is 0 Å². The monoisotopic (exact) mass is 360 g/mol. The van der Waals surface area contributed by atoms with Crippen LogP contribution in [0, 0.1) is 5.92 Å². The minimum atomic E-state index is -0.274. The molecule has 0 saturated heterocycles. The highest BCUT2D eigenvalue weighted by molar-refractivity contribution is 5.85. The SMILES string of the molecule is O=C(CCNC(=O)CNC(=O)CC1CCCCC1)NCc1ccncc1. The maximum Gasteiger partial charge on any atom is 0.239 e. The van der Waals surface area contributed by atoms with Crippen molar-refractivity contribution in [3.05, 3.63) is 30.1 Å². The fourth-order valence-corrected chi connectivity index (χ4v) is 3.07. The molecule has 26 heavy (non-hydrogen) atoms. The van der Waals surface area contributed by atoms with Crippen molar-refractivity contribution in [3.8, 4) is 0 Å². The van der Waals surface area contributed by atoms with Crippen molar-refractivity contribution >= 4 is 17.7 Å². The maximum absolute atomic E-state index is 11.9. The largest absolute Gasteiger partial charge is 0.354 e. The van der Waals surface area contributed by atoms with Gasteiger partial charge in [0.15, 0.2) is 0 Å². The van der Waals surface area contributed by atoms with E-state index in [9.17, 15) is 14.4 Å². The van der Waals surface area contributed by atoms with E-state index in [1.807, 2.05) is 12.1 Å². The third-order valence-corrected chi connectivity index (χ3v) is 4.56. The summed E-state index contributed by atoms with van der Waals surface area (Å²) >= 11 is 0. The van der Waals surface area contributed by atoms with Gasteiger partial charge in [0, 0.05) is 38.3 Å². The van der Waals surface area contributed by atoms with Crippen LogP contribution in [0.1, 0.15) is 50.5 Å². The molecule has 0 spiro atoms. The lowest BCUT2D eigenvalue weighted by atomic mass is 9.87. The fourth-order valence-electron chi connectivity index (χ4n) is 3.07. The van der Waals surface area contributed by atoms with Crippen LogP contribution in [-0.2, 0) is 20.9 Å².